The first-order chi connectivity index (χ1) is 11.2. The van der Waals surface area contributed by atoms with E-state index in [1.165, 1.54) is 0 Å². The molecule has 2 N–H and O–H groups in total. The van der Waals surface area contributed by atoms with Crippen molar-refractivity contribution in [2.45, 2.75) is 6.42 Å². The van der Waals surface area contributed by atoms with Gasteiger partial charge in [0.2, 0.25) is 5.91 Å². The van der Waals surface area contributed by atoms with Gasteiger partial charge in [0.15, 0.2) is 6.61 Å². The third-order valence-corrected chi connectivity index (χ3v) is 2.78. The lowest BCUT2D eigenvalue weighted by atomic mass is 10.2. The summed E-state index contributed by atoms with van der Waals surface area (Å²) in [5, 5.41) is 13.7. The maximum atomic E-state index is 11.9. The second-order valence-corrected chi connectivity index (χ2v) is 4.61. The maximum absolute atomic E-state index is 11.9. The van der Waals surface area contributed by atoms with Gasteiger partial charge in [-0.05, 0) is 30.3 Å². The summed E-state index contributed by atoms with van der Waals surface area (Å²) in [5.41, 5.74) is 1.04. The molecule has 23 heavy (non-hydrogen) atoms. The number of anilines is 2. The molecule has 0 spiro atoms. The van der Waals surface area contributed by atoms with Crippen LogP contribution < -0.4 is 15.4 Å². The summed E-state index contributed by atoms with van der Waals surface area (Å²) in [4.78, 5) is 23.2. The van der Waals surface area contributed by atoms with Crippen molar-refractivity contribution < 1.29 is 14.3 Å². The van der Waals surface area contributed by atoms with E-state index in [9.17, 15) is 9.59 Å². The zero-order chi connectivity index (χ0) is 16.5. The summed E-state index contributed by atoms with van der Waals surface area (Å²) in [6.07, 6.45) is -0.221. The Hall–Kier alpha value is -3.33. The fourth-order valence-corrected chi connectivity index (χ4v) is 1.81. The Morgan fingerprint density at radius 1 is 0.957 bits per heavy atom. The molecule has 0 fully saturated rings. The van der Waals surface area contributed by atoms with Crippen molar-refractivity contribution in [1.82, 2.24) is 0 Å². The maximum Gasteiger partial charge on any atom is 0.262 e. The lowest BCUT2D eigenvalue weighted by Crippen LogP contribution is -2.20. The molecule has 2 rings (SSSR count). The molecule has 0 bridgehead atoms. The third-order valence-electron chi connectivity index (χ3n) is 2.78. The predicted molar refractivity (Wildman–Crippen MR) is 85.9 cm³/mol. The Bertz CT molecular complexity index is 723. The topological polar surface area (TPSA) is 91.2 Å². The van der Waals surface area contributed by atoms with E-state index in [4.69, 9.17) is 10.00 Å². The van der Waals surface area contributed by atoms with Gasteiger partial charge in [-0.15, -0.1) is 0 Å². The Morgan fingerprint density at radius 2 is 1.61 bits per heavy atom. The van der Waals surface area contributed by atoms with Crippen LogP contribution in [-0.2, 0) is 9.59 Å². The summed E-state index contributed by atoms with van der Waals surface area (Å²) in [5.74, 6) is -0.0992. The molecule has 6 heteroatoms. The molecule has 116 valence electrons. The highest BCUT2D eigenvalue weighted by Crippen LogP contribution is 2.15. The smallest absolute Gasteiger partial charge is 0.262 e. The number of nitriles is 1. The lowest BCUT2D eigenvalue weighted by Gasteiger charge is -2.09. The van der Waals surface area contributed by atoms with Crippen LogP contribution in [0.25, 0.3) is 0 Å². The Balaban J connectivity index is 1.88. The van der Waals surface area contributed by atoms with E-state index in [0.29, 0.717) is 17.1 Å². The predicted octanol–water partition coefficient (Wildman–Crippen LogP) is 2.56. The number of carbonyl (C=O) groups is 2. The second kappa shape index (κ2) is 8.20. The molecule has 0 unspecified atom stereocenters. The minimum Gasteiger partial charge on any atom is -0.484 e. The zero-order valence-corrected chi connectivity index (χ0v) is 12.3. The summed E-state index contributed by atoms with van der Waals surface area (Å²) in [7, 11) is 0. The fourth-order valence-electron chi connectivity index (χ4n) is 1.81. The standard InChI is InChI=1S/C17H15N3O3/c18-10-9-16(21)19-13-5-4-6-14(11-13)20-17(22)12-23-15-7-2-1-3-8-15/h1-8,11H,9,12H2,(H,19,21)(H,20,22). The quantitative estimate of drug-likeness (QED) is 0.858. The highest BCUT2D eigenvalue weighted by Gasteiger charge is 2.06. The molecule has 2 aromatic rings. The van der Waals surface area contributed by atoms with Crippen molar-refractivity contribution in [3.05, 3.63) is 54.6 Å². The highest BCUT2D eigenvalue weighted by atomic mass is 16.5. The number of benzene rings is 2. The van der Waals surface area contributed by atoms with E-state index < -0.39 is 5.91 Å². The van der Waals surface area contributed by atoms with Crippen molar-refractivity contribution in [2.75, 3.05) is 17.2 Å². The summed E-state index contributed by atoms with van der Waals surface area (Å²) in [6, 6.07) is 17.5. The molecule has 2 amide bonds. The van der Waals surface area contributed by atoms with Crippen molar-refractivity contribution in [3.8, 4) is 11.8 Å². The first kappa shape index (κ1) is 16.0. The van der Waals surface area contributed by atoms with E-state index in [0.717, 1.165) is 0 Å². The van der Waals surface area contributed by atoms with E-state index in [1.54, 1.807) is 42.5 Å². The van der Waals surface area contributed by atoms with Crippen LogP contribution in [-0.4, -0.2) is 18.4 Å². The van der Waals surface area contributed by atoms with Gasteiger partial charge in [-0.2, -0.15) is 5.26 Å². The number of ether oxygens (including phenoxy) is 1. The number of nitrogens with zero attached hydrogens (tertiary/aromatic N) is 1. The van der Waals surface area contributed by atoms with Crippen LogP contribution in [0.5, 0.6) is 5.75 Å². The molecule has 0 aliphatic rings. The number of amides is 2. The summed E-state index contributed by atoms with van der Waals surface area (Å²) >= 11 is 0. The molecule has 6 nitrogen and oxygen atoms in total. The molecule has 0 saturated heterocycles. The van der Waals surface area contributed by atoms with Gasteiger partial charge >= 0.3 is 0 Å². The van der Waals surface area contributed by atoms with Gasteiger partial charge in [-0.1, -0.05) is 24.3 Å². The molecular formula is C17H15N3O3. The molecule has 0 saturated carbocycles. The van der Waals surface area contributed by atoms with Gasteiger partial charge in [0, 0.05) is 11.4 Å². The molecule has 0 radical (unpaired) electrons. The van der Waals surface area contributed by atoms with E-state index in [2.05, 4.69) is 10.6 Å². The molecule has 0 heterocycles. The van der Waals surface area contributed by atoms with Gasteiger partial charge in [-0.25, -0.2) is 0 Å². The van der Waals surface area contributed by atoms with E-state index in [-0.39, 0.29) is 18.9 Å². The minimum atomic E-state index is -0.400. The second-order valence-electron chi connectivity index (χ2n) is 4.61. The first-order valence-corrected chi connectivity index (χ1v) is 6.92. The van der Waals surface area contributed by atoms with Gasteiger partial charge in [0.1, 0.15) is 12.2 Å². The number of nitrogens with one attached hydrogen (secondary N) is 2. The number of para-hydroxylation sites is 1. The van der Waals surface area contributed by atoms with Gasteiger partial charge in [-0.3, -0.25) is 9.59 Å². The van der Waals surface area contributed by atoms with Crippen LogP contribution in [0.2, 0.25) is 0 Å². The number of hydrogen-bond acceptors (Lipinski definition) is 4. The normalized spacial score (nSPS) is 9.52. The van der Waals surface area contributed by atoms with Crippen molar-refractivity contribution in [2.24, 2.45) is 0 Å². The van der Waals surface area contributed by atoms with Crippen molar-refractivity contribution >= 4 is 23.2 Å². The van der Waals surface area contributed by atoms with Crippen molar-refractivity contribution in [1.29, 1.82) is 5.26 Å². The molecule has 0 aliphatic heterocycles. The van der Waals surface area contributed by atoms with E-state index >= 15 is 0 Å². The monoisotopic (exact) mass is 309 g/mol. The van der Waals surface area contributed by atoms with Crippen LogP contribution in [0, 0.1) is 11.3 Å². The SMILES string of the molecule is N#CCC(=O)Nc1cccc(NC(=O)COc2ccccc2)c1. The Kier molecular flexibility index (Phi) is 5.72. The number of rotatable bonds is 6. The average molecular weight is 309 g/mol. The molecule has 0 atom stereocenters. The Labute approximate surface area is 133 Å². The Morgan fingerprint density at radius 3 is 2.26 bits per heavy atom. The number of hydrogen-bond donors (Lipinski definition) is 2. The van der Waals surface area contributed by atoms with Gasteiger partial charge in [0.25, 0.3) is 5.91 Å². The van der Waals surface area contributed by atoms with Gasteiger partial charge in [0.05, 0.1) is 6.07 Å². The lowest BCUT2D eigenvalue weighted by molar-refractivity contribution is -0.118. The third kappa shape index (κ3) is 5.52. The molecular weight excluding hydrogens is 294 g/mol. The zero-order valence-electron chi connectivity index (χ0n) is 12.3. The van der Waals surface area contributed by atoms with Crippen LogP contribution in [0.15, 0.2) is 54.6 Å². The summed E-state index contributed by atoms with van der Waals surface area (Å²) in [6.45, 7) is -0.116. The van der Waals surface area contributed by atoms with Crippen LogP contribution in [0.3, 0.4) is 0 Å². The number of carbonyl (C=O) groups excluding carboxylic acids is 2. The van der Waals surface area contributed by atoms with Gasteiger partial charge < -0.3 is 15.4 Å². The van der Waals surface area contributed by atoms with Crippen molar-refractivity contribution in [3.63, 3.8) is 0 Å². The fraction of sp³-hybridized carbons (Fsp3) is 0.118. The average Bonchev–Trinajstić information content (AvgIpc) is 2.54. The van der Waals surface area contributed by atoms with Crippen LogP contribution >= 0.6 is 0 Å². The largest absolute Gasteiger partial charge is 0.484 e. The molecule has 2 aromatic carbocycles. The minimum absolute atomic E-state index is 0.116. The summed E-state index contributed by atoms with van der Waals surface area (Å²) < 4.78 is 5.35. The van der Waals surface area contributed by atoms with Crippen LogP contribution in [0.4, 0.5) is 11.4 Å². The molecule has 0 aromatic heterocycles. The van der Waals surface area contributed by atoms with E-state index in [1.807, 2.05) is 18.2 Å². The molecule has 0 aliphatic carbocycles. The highest BCUT2D eigenvalue weighted by molar-refractivity contribution is 5.95. The first-order valence-electron chi connectivity index (χ1n) is 6.92. The van der Waals surface area contributed by atoms with Crippen LogP contribution in [0.1, 0.15) is 6.42 Å².